The average molecular weight is 586 g/mol. The molecule has 7 nitrogen and oxygen atoms in total. The van der Waals surface area contributed by atoms with E-state index in [-0.39, 0.29) is 41.1 Å². The fourth-order valence-corrected chi connectivity index (χ4v) is 9.67. The Morgan fingerprint density at radius 1 is 1.31 bits per heavy atom. The van der Waals surface area contributed by atoms with E-state index in [2.05, 4.69) is 36.0 Å². The van der Waals surface area contributed by atoms with Crippen LogP contribution in [0.5, 0.6) is 0 Å². The quantitative estimate of drug-likeness (QED) is 0.136. The molecule has 2 amide bonds. The van der Waals surface area contributed by atoms with Gasteiger partial charge in [0, 0.05) is 23.2 Å². The number of nitrogens with zero attached hydrogens (tertiary/aromatic N) is 2. The van der Waals surface area contributed by atoms with Crippen LogP contribution in [0.2, 0.25) is 0 Å². The Hall–Kier alpha value is -1.32. The smallest absolute Gasteiger partial charge is 0.310 e. The van der Waals surface area contributed by atoms with E-state index in [1.165, 1.54) is 0 Å². The molecule has 0 radical (unpaired) electrons. The second kappa shape index (κ2) is 13.0. The molecule has 9 heteroatoms. The van der Waals surface area contributed by atoms with Gasteiger partial charge in [-0.3, -0.25) is 14.4 Å². The number of fused-ring (bicyclic) bond motifs is 1. The van der Waals surface area contributed by atoms with E-state index in [0.717, 1.165) is 25.7 Å². The first-order chi connectivity index (χ1) is 17.3. The van der Waals surface area contributed by atoms with E-state index in [1.807, 2.05) is 6.92 Å². The van der Waals surface area contributed by atoms with Crippen molar-refractivity contribution in [3.05, 3.63) is 25.3 Å². The van der Waals surface area contributed by atoms with Crippen molar-refractivity contribution in [2.45, 2.75) is 85.7 Å². The summed E-state index contributed by atoms with van der Waals surface area (Å²) in [5.41, 5.74) is 0. The largest absolute Gasteiger partial charge is 0.465 e. The van der Waals surface area contributed by atoms with Gasteiger partial charge in [0.25, 0.3) is 0 Å². The lowest BCUT2D eigenvalue weighted by Gasteiger charge is -2.39. The van der Waals surface area contributed by atoms with Gasteiger partial charge in [0.1, 0.15) is 6.04 Å². The number of ether oxygens (including phenoxy) is 1. The molecule has 3 saturated heterocycles. The number of carbonyl (C=O) groups is 3. The van der Waals surface area contributed by atoms with Crippen LogP contribution in [0.25, 0.3) is 0 Å². The third-order valence-electron chi connectivity index (χ3n) is 7.80. The van der Waals surface area contributed by atoms with Crippen molar-refractivity contribution in [1.29, 1.82) is 0 Å². The first kappa shape index (κ1) is 29.2. The van der Waals surface area contributed by atoms with Crippen molar-refractivity contribution in [3.8, 4) is 0 Å². The molecule has 3 heterocycles. The first-order valence-electron chi connectivity index (χ1n) is 13.2. The van der Waals surface area contributed by atoms with Gasteiger partial charge in [-0.15, -0.1) is 24.9 Å². The number of hydrogen-bond donors (Lipinski definition) is 1. The van der Waals surface area contributed by atoms with Crippen LogP contribution in [0.3, 0.4) is 0 Å². The van der Waals surface area contributed by atoms with Gasteiger partial charge in [0.05, 0.1) is 35.8 Å². The Balaban J connectivity index is 1.99. The van der Waals surface area contributed by atoms with Crippen LogP contribution in [-0.4, -0.2) is 85.9 Å². The molecule has 3 aliphatic rings. The molecule has 0 aromatic heterocycles. The number of thioether (sulfide) groups is 1. The standard InChI is InChI=1S/C27H41BrN2O5S/c1-5-9-11-14-29(13-7-3)25(33)23-27-16-19(28)22(36-27)20(26(34)35-15-12-10-6-2)21(27)24(32)30(23)18(8-4)17-31/h6-7,18-23,31H,2-3,5,8-17H2,1,4H3/t18-,19?,20+,21-,22+,23?,27?/m0/s1. The summed E-state index contributed by atoms with van der Waals surface area (Å²) in [6.45, 7) is 12.6. The monoisotopic (exact) mass is 584 g/mol. The molecule has 7 atom stereocenters. The Kier molecular flexibility index (Phi) is 10.5. The number of aliphatic hydroxyl groups is 1. The number of unbranched alkanes of at least 4 members (excludes halogenated alkanes) is 3. The zero-order valence-corrected chi connectivity index (χ0v) is 24.0. The number of halogens is 1. The number of rotatable bonds is 15. The van der Waals surface area contributed by atoms with Gasteiger partial charge in [-0.2, -0.15) is 0 Å². The maximum absolute atomic E-state index is 14.2. The number of amides is 2. The van der Waals surface area contributed by atoms with Crippen molar-refractivity contribution in [2.75, 3.05) is 26.3 Å². The summed E-state index contributed by atoms with van der Waals surface area (Å²) in [5.74, 6) is -1.93. The Morgan fingerprint density at radius 2 is 2.06 bits per heavy atom. The Morgan fingerprint density at radius 3 is 2.67 bits per heavy atom. The van der Waals surface area contributed by atoms with Crippen molar-refractivity contribution in [3.63, 3.8) is 0 Å². The molecule has 1 N–H and O–H groups in total. The highest BCUT2D eigenvalue weighted by Gasteiger charge is 2.76. The summed E-state index contributed by atoms with van der Waals surface area (Å²) in [6, 6.07) is -1.22. The number of hydrogen-bond acceptors (Lipinski definition) is 6. The van der Waals surface area contributed by atoms with Crippen LogP contribution in [0, 0.1) is 11.8 Å². The van der Waals surface area contributed by atoms with E-state index in [9.17, 15) is 19.5 Å². The lowest BCUT2D eigenvalue weighted by atomic mass is 9.71. The van der Waals surface area contributed by atoms with E-state index in [1.54, 1.807) is 33.7 Å². The van der Waals surface area contributed by atoms with E-state index >= 15 is 0 Å². The maximum Gasteiger partial charge on any atom is 0.310 e. The third kappa shape index (κ3) is 5.30. The van der Waals surface area contributed by atoms with Gasteiger partial charge >= 0.3 is 5.97 Å². The molecule has 0 aliphatic carbocycles. The number of carbonyl (C=O) groups excluding carboxylic acids is 3. The minimum absolute atomic E-state index is 0.00493. The molecule has 3 fully saturated rings. The fourth-order valence-electron chi connectivity index (χ4n) is 6.09. The fraction of sp³-hybridized carbons (Fsp3) is 0.741. The predicted molar refractivity (Wildman–Crippen MR) is 147 cm³/mol. The summed E-state index contributed by atoms with van der Waals surface area (Å²) >= 11 is 5.38. The highest BCUT2D eigenvalue weighted by molar-refractivity contribution is 9.09. The lowest BCUT2D eigenvalue weighted by Crippen LogP contribution is -2.57. The zero-order valence-electron chi connectivity index (χ0n) is 21.6. The van der Waals surface area contributed by atoms with Crippen molar-refractivity contribution in [2.24, 2.45) is 11.8 Å². The van der Waals surface area contributed by atoms with Crippen LogP contribution in [0.4, 0.5) is 0 Å². The second-order valence-corrected chi connectivity index (χ2v) is 12.7. The molecule has 2 bridgehead atoms. The summed E-state index contributed by atoms with van der Waals surface area (Å²) < 4.78 is 4.90. The topological polar surface area (TPSA) is 87.2 Å². The average Bonchev–Trinajstić information content (AvgIpc) is 3.45. The zero-order chi connectivity index (χ0) is 26.5. The maximum atomic E-state index is 14.2. The van der Waals surface area contributed by atoms with Crippen LogP contribution >= 0.6 is 27.7 Å². The molecule has 1 spiro atoms. The minimum atomic E-state index is -0.734. The van der Waals surface area contributed by atoms with Gasteiger partial charge < -0.3 is 19.6 Å². The molecule has 0 aromatic rings. The van der Waals surface area contributed by atoms with Gasteiger partial charge in [0.2, 0.25) is 11.8 Å². The van der Waals surface area contributed by atoms with Crippen molar-refractivity contribution >= 4 is 45.5 Å². The summed E-state index contributed by atoms with van der Waals surface area (Å²) in [4.78, 5) is 45.0. The molecule has 3 unspecified atom stereocenters. The van der Waals surface area contributed by atoms with Crippen molar-refractivity contribution < 1.29 is 24.2 Å². The molecule has 0 aromatic carbocycles. The number of likely N-dealkylation sites (tertiary alicyclic amines) is 1. The third-order valence-corrected chi connectivity index (χ3v) is 11.0. The minimum Gasteiger partial charge on any atom is -0.465 e. The summed E-state index contributed by atoms with van der Waals surface area (Å²) in [5, 5.41) is 10.1. The number of aliphatic hydroxyl groups excluding tert-OH is 1. The normalized spacial score (nSPS) is 31.3. The molecule has 3 rings (SSSR count). The molecule has 0 saturated carbocycles. The summed E-state index contributed by atoms with van der Waals surface area (Å²) in [6.07, 6.45) is 9.01. The lowest BCUT2D eigenvalue weighted by molar-refractivity contribution is -0.154. The number of allylic oxidation sites excluding steroid dienone is 1. The van der Waals surface area contributed by atoms with Gasteiger partial charge in [-0.05, 0) is 32.1 Å². The van der Waals surface area contributed by atoms with Crippen LogP contribution in [0.1, 0.15) is 58.8 Å². The van der Waals surface area contributed by atoms with Crippen LogP contribution < -0.4 is 0 Å². The van der Waals surface area contributed by atoms with Gasteiger partial charge in [0.15, 0.2) is 0 Å². The predicted octanol–water partition coefficient (Wildman–Crippen LogP) is 3.94. The van der Waals surface area contributed by atoms with E-state index < -0.39 is 28.7 Å². The number of esters is 1. The molecule has 3 aliphatic heterocycles. The SMILES string of the molecule is C=CCCCOC(=O)[C@H]1[C@@H]2SC3(CC2Br)C(C(=O)N(CC=C)CCCCC)N([C@@H](CC)CO)C(=O)[C@H]13. The molecule has 36 heavy (non-hydrogen) atoms. The van der Waals surface area contributed by atoms with Gasteiger partial charge in [-0.1, -0.05) is 54.8 Å². The highest BCUT2D eigenvalue weighted by atomic mass is 79.9. The Labute approximate surface area is 228 Å². The van der Waals surface area contributed by atoms with E-state index in [4.69, 9.17) is 4.74 Å². The highest BCUT2D eigenvalue weighted by Crippen LogP contribution is 2.68. The Bertz CT molecular complexity index is 837. The number of alkyl halides is 1. The first-order valence-corrected chi connectivity index (χ1v) is 15.0. The van der Waals surface area contributed by atoms with Gasteiger partial charge in [-0.25, -0.2) is 0 Å². The van der Waals surface area contributed by atoms with Crippen LogP contribution in [-0.2, 0) is 19.1 Å². The van der Waals surface area contributed by atoms with E-state index in [0.29, 0.717) is 32.4 Å². The second-order valence-electron chi connectivity index (χ2n) is 10.0. The molecule has 202 valence electrons. The molecular formula is C27H41BrN2O5S. The molecular weight excluding hydrogens is 544 g/mol. The van der Waals surface area contributed by atoms with Crippen molar-refractivity contribution in [1.82, 2.24) is 9.80 Å². The van der Waals surface area contributed by atoms with Crippen LogP contribution in [0.15, 0.2) is 25.3 Å². The summed E-state index contributed by atoms with van der Waals surface area (Å²) in [7, 11) is 0.